The SMILES string of the molecule is CCCNC(CCS(C)(=O)=O)c1ccc(F)c(F)c1. The minimum atomic E-state index is -3.08. The topological polar surface area (TPSA) is 46.2 Å². The molecule has 1 aromatic carbocycles. The van der Waals surface area contributed by atoms with Crippen molar-refractivity contribution in [3.8, 4) is 0 Å². The van der Waals surface area contributed by atoms with Gasteiger partial charge < -0.3 is 5.32 Å². The Kier molecular flexibility index (Phi) is 5.87. The maximum absolute atomic E-state index is 13.2. The Bertz CT molecular complexity index is 517. The van der Waals surface area contributed by atoms with Gasteiger partial charge in [0.15, 0.2) is 11.6 Å². The Labute approximate surface area is 112 Å². The minimum Gasteiger partial charge on any atom is -0.310 e. The molecule has 0 radical (unpaired) electrons. The second kappa shape index (κ2) is 6.96. The third-order valence-corrected chi connectivity index (χ3v) is 3.74. The number of hydrogen-bond donors (Lipinski definition) is 1. The van der Waals surface area contributed by atoms with E-state index in [0.29, 0.717) is 18.5 Å². The van der Waals surface area contributed by atoms with Crippen LogP contribution in [0.5, 0.6) is 0 Å². The van der Waals surface area contributed by atoms with Crippen LogP contribution in [0, 0.1) is 11.6 Å². The molecule has 108 valence electrons. The Balaban J connectivity index is 2.85. The first-order valence-corrected chi connectivity index (χ1v) is 8.25. The van der Waals surface area contributed by atoms with E-state index in [4.69, 9.17) is 0 Å². The van der Waals surface area contributed by atoms with Gasteiger partial charge in [0, 0.05) is 12.3 Å². The molecule has 19 heavy (non-hydrogen) atoms. The molecule has 0 spiro atoms. The van der Waals surface area contributed by atoms with E-state index >= 15 is 0 Å². The van der Waals surface area contributed by atoms with Crippen molar-refractivity contribution in [2.75, 3.05) is 18.6 Å². The molecule has 0 saturated heterocycles. The van der Waals surface area contributed by atoms with Crippen molar-refractivity contribution in [3.05, 3.63) is 35.4 Å². The third kappa shape index (κ3) is 5.65. The molecule has 1 rings (SSSR count). The Morgan fingerprint density at radius 3 is 2.47 bits per heavy atom. The highest BCUT2D eigenvalue weighted by atomic mass is 32.2. The van der Waals surface area contributed by atoms with Crippen LogP contribution in [0.2, 0.25) is 0 Å². The van der Waals surface area contributed by atoms with Gasteiger partial charge in [-0.3, -0.25) is 0 Å². The van der Waals surface area contributed by atoms with Crippen molar-refractivity contribution in [1.82, 2.24) is 5.32 Å². The summed E-state index contributed by atoms with van der Waals surface area (Å²) in [6, 6.07) is 3.37. The molecule has 3 nitrogen and oxygen atoms in total. The zero-order chi connectivity index (χ0) is 14.5. The summed E-state index contributed by atoms with van der Waals surface area (Å²) >= 11 is 0. The monoisotopic (exact) mass is 291 g/mol. The van der Waals surface area contributed by atoms with Gasteiger partial charge >= 0.3 is 0 Å². The Morgan fingerprint density at radius 1 is 1.26 bits per heavy atom. The lowest BCUT2D eigenvalue weighted by atomic mass is 10.0. The van der Waals surface area contributed by atoms with Crippen molar-refractivity contribution in [2.24, 2.45) is 0 Å². The van der Waals surface area contributed by atoms with Crippen LogP contribution in [0.3, 0.4) is 0 Å². The summed E-state index contributed by atoms with van der Waals surface area (Å²) in [7, 11) is -3.08. The van der Waals surface area contributed by atoms with Crippen molar-refractivity contribution in [1.29, 1.82) is 0 Å². The second-order valence-corrected chi connectivity index (χ2v) is 6.86. The summed E-state index contributed by atoms with van der Waals surface area (Å²) in [4.78, 5) is 0. The summed E-state index contributed by atoms with van der Waals surface area (Å²) in [6.45, 7) is 2.67. The van der Waals surface area contributed by atoms with Crippen LogP contribution in [0.4, 0.5) is 8.78 Å². The minimum absolute atomic E-state index is 0.00732. The van der Waals surface area contributed by atoms with E-state index in [0.717, 1.165) is 24.8 Å². The van der Waals surface area contributed by atoms with Gasteiger partial charge in [0.05, 0.1) is 5.75 Å². The highest BCUT2D eigenvalue weighted by Gasteiger charge is 2.15. The van der Waals surface area contributed by atoms with E-state index in [-0.39, 0.29) is 11.8 Å². The first kappa shape index (κ1) is 16.0. The van der Waals surface area contributed by atoms with Gasteiger partial charge in [0.25, 0.3) is 0 Å². The van der Waals surface area contributed by atoms with Gasteiger partial charge in [-0.25, -0.2) is 17.2 Å². The molecule has 0 aliphatic rings. The van der Waals surface area contributed by atoms with Crippen molar-refractivity contribution < 1.29 is 17.2 Å². The molecular formula is C13H19F2NO2S. The van der Waals surface area contributed by atoms with E-state index in [1.54, 1.807) is 0 Å². The molecule has 0 aromatic heterocycles. The number of halogens is 2. The lowest BCUT2D eigenvalue weighted by Crippen LogP contribution is -2.24. The van der Waals surface area contributed by atoms with E-state index in [2.05, 4.69) is 5.32 Å². The highest BCUT2D eigenvalue weighted by molar-refractivity contribution is 7.90. The van der Waals surface area contributed by atoms with E-state index < -0.39 is 21.5 Å². The van der Waals surface area contributed by atoms with Crippen LogP contribution in [0.1, 0.15) is 31.4 Å². The second-order valence-electron chi connectivity index (χ2n) is 4.60. The van der Waals surface area contributed by atoms with Crippen LogP contribution in [-0.2, 0) is 9.84 Å². The smallest absolute Gasteiger partial charge is 0.159 e. The maximum atomic E-state index is 13.2. The van der Waals surface area contributed by atoms with Crippen LogP contribution >= 0.6 is 0 Å². The van der Waals surface area contributed by atoms with Gasteiger partial charge in [-0.2, -0.15) is 0 Å². The van der Waals surface area contributed by atoms with Crippen molar-refractivity contribution >= 4 is 9.84 Å². The van der Waals surface area contributed by atoms with Crippen molar-refractivity contribution in [2.45, 2.75) is 25.8 Å². The summed E-state index contributed by atoms with van der Waals surface area (Å²) < 4.78 is 48.5. The molecule has 1 atom stereocenters. The fraction of sp³-hybridized carbons (Fsp3) is 0.538. The zero-order valence-electron chi connectivity index (χ0n) is 11.1. The average Bonchev–Trinajstić information content (AvgIpc) is 2.32. The number of nitrogens with one attached hydrogen (secondary N) is 1. The molecule has 0 aliphatic carbocycles. The molecule has 1 unspecified atom stereocenters. The third-order valence-electron chi connectivity index (χ3n) is 2.76. The standard InChI is InChI=1S/C13H19F2NO2S/c1-3-7-16-13(6-8-19(2,17)18)10-4-5-11(14)12(15)9-10/h4-5,9,13,16H,3,6-8H2,1-2H3. The maximum Gasteiger partial charge on any atom is 0.159 e. The van der Waals surface area contributed by atoms with Gasteiger partial charge in [0.1, 0.15) is 9.84 Å². The van der Waals surface area contributed by atoms with Gasteiger partial charge in [0.2, 0.25) is 0 Å². The predicted octanol–water partition coefficient (Wildman–Crippen LogP) is 2.44. The lowest BCUT2D eigenvalue weighted by Gasteiger charge is -2.18. The number of hydrogen-bond acceptors (Lipinski definition) is 3. The highest BCUT2D eigenvalue weighted by Crippen LogP contribution is 2.20. The summed E-state index contributed by atoms with van der Waals surface area (Å²) in [6.07, 6.45) is 2.37. The first-order chi connectivity index (χ1) is 8.83. The molecule has 0 bridgehead atoms. The molecule has 1 N–H and O–H groups in total. The predicted molar refractivity (Wildman–Crippen MR) is 71.7 cm³/mol. The van der Waals surface area contributed by atoms with Gasteiger partial charge in [-0.05, 0) is 37.1 Å². The van der Waals surface area contributed by atoms with Crippen LogP contribution in [0.15, 0.2) is 18.2 Å². The van der Waals surface area contributed by atoms with Crippen LogP contribution < -0.4 is 5.32 Å². The molecule has 0 amide bonds. The molecule has 0 saturated carbocycles. The Hall–Kier alpha value is -1.01. The molecular weight excluding hydrogens is 272 g/mol. The Morgan fingerprint density at radius 2 is 1.95 bits per heavy atom. The summed E-state index contributed by atoms with van der Waals surface area (Å²) in [5, 5.41) is 3.15. The summed E-state index contributed by atoms with van der Waals surface area (Å²) in [5.41, 5.74) is 0.566. The van der Waals surface area contributed by atoms with Crippen LogP contribution in [0.25, 0.3) is 0 Å². The fourth-order valence-electron chi connectivity index (χ4n) is 1.77. The van der Waals surface area contributed by atoms with E-state index in [9.17, 15) is 17.2 Å². The molecule has 0 heterocycles. The normalized spacial score (nSPS) is 13.5. The van der Waals surface area contributed by atoms with Crippen molar-refractivity contribution in [3.63, 3.8) is 0 Å². The number of benzene rings is 1. The largest absolute Gasteiger partial charge is 0.310 e. The quantitative estimate of drug-likeness (QED) is 0.839. The molecule has 0 fully saturated rings. The summed E-state index contributed by atoms with van der Waals surface area (Å²) in [5.74, 6) is -1.81. The lowest BCUT2D eigenvalue weighted by molar-refractivity contribution is 0.488. The van der Waals surface area contributed by atoms with Gasteiger partial charge in [-0.1, -0.05) is 13.0 Å². The van der Waals surface area contributed by atoms with Gasteiger partial charge in [-0.15, -0.1) is 0 Å². The fourth-order valence-corrected chi connectivity index (χ4v) is 2.43. The van der Waals surface area contributed by atoms with E-state index in [1.165, 1.54) is 6.07 Å². The average molecular weight is 291 g/mol. The van der Waals surface area contributed by atoms with Crippen LogP contribution in [-0.4, -0.2) is 27.0 Å². The number of rotatable bonds is 7. The number of sulfone groups is 1. The first-order valence-electron chi connectivity index (χ1n) is 6.19. The molecule has 6 heteroatoms. The molecule has 1 aromatic rings. The molecule has 0 aliphatic heterocycles. The zero-order valence-corrected chi connectivity index (χ0v) is 11.9. The van der Waals surface area contributed by atoms with E-state index in [1.807, 2.05) is 6.92 Å².